The summed E-state index contributed by atoms with van der Waals surface area (Å²) in [4.78, 5) is 12.3. The molecule has 0 aliphatic heterocycles. The molecule has 3 aromatic rings. The predicted molar refractivity (Wildman–Crippen MR) is 133 cm³/mol. The molecule has 0 heterocycles. The first kappa shape index (κ1) is 25.1. The zero-order valence-corrected chi connectivity index (χ0v) is 20.6. The maximum absolute atomic E-state index is 13.6. The van der Waals surface area contributed by atoms with Gasteiger partial charge in [-0.2, -0.15) is 11.8 Å². The molecule has 0 unspecified atom stereocenters. The van der Waals surface area contributed by atoms with Crippen molar-refractivity contribution >= 4 is 45.0 Å². The van der Waals surface area contributed by atoms with Crippen LogP contribution in [-0.4, -0.2) is 26.6 Å². The molecule has 0 radical (unpaired) electrons. The van der Waals surface area contributed by atoms with Gasteiger partial charge in [-0.25, -0.2) is 12.8 Å². The lowest BCUT2D eigenvalue weighted by atomic mass is 10.1. The van der Waals surface area contributed by atoms with E-state index in [1.165, 1.54) is 36.0 Å². The van der Waals surface area contributed by atoms with E-state index in [2.05, 4.69) is 10.0 Å². The molecule has 0 fully saturated rings. The monoisotopic (exact) mass is 506 g/mol. The van der Waals surface area contributed by atoms with Crippen LogP contribution >= 0.6 is 23.4 Å². The number of aryl methyl sites for hydroxylation is 2. The minimum Gasteiger partial charge on any atom is -0.351 e. The number of thioether (sulfide) groups is 1. The molecule has 0 aliphatic rings. The third kappa shape index (κ3) is 6.72. The molecule has 3 aromatic carbocycles. The Balaban J connectivity index is 1.61. The fourth-order valence-corrected chi connectivity index (χ4v) is 5.42. The molecule has 1 amide bonds. The van der Waals surface area contributed by atoms with Crippen molar-refractivity contribution < 1.29 is 17.6 Å². The normalized spacial score (nSPS) is 11.3. The summed E-state index contributed by atoms with van der Waals surface area (Å²) in [5.74, 6) is 0.405. The van der Waals surface area contributed by atoms with Crippen molar-refractivity contribution in [2.24, 2.45) is 0 Å². The van der Waals surface area contributed by atoms with Crippen LogP contribution in [0.1, 0.15) is 27.0 Å². The van der Waals surface area contributed by atoms with E-state index < -0.39 is 15.9 Å². The standard InChI is InChI=1S/C24H24ClFN2O3S2/c1-16-7-9-20(13-17(16)2)28-33(30,31)23-14-18(8-10-21(23)25)24(29)27-11-12-32-15-19-5-3-4-6-22(19)26/h3-10,13-14,28H,11-12,15H2,1-2H3,(H,27,29). The van der Waals surface area contributed by atoms with Crippen molar-refractivity contribution in [3.8, 4) is 0 Å². The van der Waals surface area contributed by atoms with Crippen LogP contribution < -0.4 is 10.0 Å². The van der Waals surface area contributed by atoms with Gasteiger partial charge in [0.1, 0.15) is 10.7 Å². The highest BCUT2D eigenvalue weighted by Gasteiger charge is 2.20. The first-order chi connectivity index (χ1) is 15.7. The van der Waals surface area contributed by atoms with E-state index in [-0.39, 0.29) is 21.3 Å². The van der Waals surface area contributed by atoms with Crippen LogP contribution in [0.4, 0.5) is 10.1 Å². The fraction of sp³-hybridized carbons (Fsp3) is 0.208. The number of sulfonamides is 1. The number of benzene rings is 3. The van der Waals surface area contributed by atoms with E-state index in [1.54, 1.807) is 30.3 Å². The summed E-state index contributed by atoms with van der Waals surface area (Å²) >= 11 is 7.63. The van der Waals surface area contributed by atoms with Crippen molar-refractivity contribution in [3.63, 3.8) is 0 Å². The van der Waals surface area contributed by atoms with Gasteiger partial charge in [-0.1, -0.05) is 35.9 Å². The number of carbonyl (C=O) groups excluding carboxylic acids is 1. The molecule has 0 atom stereocenters. The largest absolute Gasteiger partial charge is 0.351 e. The van der Waals surface area contributed by atoms with Crippen LogP contribution in [0.3, 0.4) is 0 Å². The van der Waals surface area contributed by atoms with Crippen LogP contribution in [0.5, 0.6) is 0 Å². The number of halogens is 2. The molecule has 9 heteroatoms. The van der Waals surface area contributed by atoms with Crippen molar-refractivity contribution in [1.82, 2.24) is 5.32 Å². The first-order valence-corrected chi connectivity index (χ1v) is 13.2. The van der Waals surface area contributed by atoms with Gasteiger partial charge in [0.05, 0.1) is 5.02 Å². The third-order valence-corrected chi connectivity index (χ3v) is 7.86. The zero-order valence-electron chi connectivity index (χ0n) is 18.2. The van der Waals surface area contributed by atoms with Gasteiger partial charge in [-0.05, 0) is 66.9 Å². The van der Waals surface area contributed by atoms with E-state index in [0.717, 1.165) is 11.1 Å². The predicted octanol–water partition coefficient (Wildman–Crippen LogP) is 5.56. The van der Waals surface area contributed by atoms with Gasteiger partial charge in [-0.3, -0.25) is 9.52 Å². The highest BCUT2D eigenvalue weighted by atomic mass is 35.5. The van der Waals surface area contributed by atoms with Gasteiger partial charge < -0.3 is 5.32 Å². The second-order valence-corrected chi connectivity index (χ2v) is 10.6. The smallest absolute Gasteiger partial charge is 0.263 e. The number of amides is 1. The Kier molecular flexibility index (Phi) is 8.40. The quantitative estimate of drug-likeness (QED) is 0.372. The van der Waals surface area contributed by atoms with Crippen LogP contribution in [0.15, 0.2) is 65.6 Å². The summed E-state index contributed by atoms with van der Waals surface area (Å²) < 4.78 is 41.9. The molecule has 0 aromatic heterocycles. The fourth-order valence-electron chi connectivity index (χ4n) is 3.00. The Morgan fingerprint density at radius 3 is 2.52 bits per heavy atom. The van der Waals surface area contributed by atoms with Crippen molar-refractivity contribution in [2.75, 3.05) is 17.0 Å². The van der Waals surface area contributed by atoms with Crippen molar-refractivity contribution in [1.29, 1.82) is 0 Å². The van der Waals surface area contributed by atoms with Gasteiger partial charge in [0, 0.05) is 29.3 Å². The van der Waals surface area contributed by atoms with Gasteiger partial charge in [0.15, 0.2) is 0 Å². The van der Waals surface area contributed by atoms with E-state index in [4.69, 9.17) is 11.6 Å². The Bertz CT molecular complexity index is 1270. The van der Waals surface area contributed by atoms with Crippen LogP contribution in [-0.2, 0) is 15.8 Å². The SMILES string of the molecule is Cc1ccc(NS(=O)(=O)c2cc(C(=O)NCCSCc3ccccc3F)ccc2Cl)cc1C. The number of rotatable bonds is 9. The molecular weight excluding hydrogens is 483 g/mol. The third-order valence-electron chi connectivity index (χ3n) is 4.99. The van der Waals surface area contributed by atoms with Gasteiger partial charge in [-0.15, -0.1) is 0 Å². The molecule has 0 saturated heterocycles. The summed E-state index contributed by atoms with van der Waals surface area (Å²) in [5, 5.41) is 2.77. The van der Waals surface area contributed by atoms with Crippen LogP contribution in [0.2, 0.25) is 5.02 Å². The highest BCUT2D eigenvalue weighted by molar-refractivity contribution is 7.98. The second kappa shape index (κ2) is 11.0. The van der Waals surface area contributed by atoms with Gasteiger partial charge in [0.25, 0.3) is 15.9 Å². The van der Waals surface area contributed by atoms with E-state index >= 15 is 0 Å². The minimum absolute atomic E-state index is 0.0170. The molecule has 174 valence electrons. The Hall–Kier alpha value is -2.55. The lowest BCUT2D eigenvalue weighted by Gasteiger charge is -2.12. The lowest BCUT2D eigenvalue weighted by molar-refractivity contribution is 0.0956. The molecule has 3 rings (SSSR count). The molecule has 0 bridgehead atoms. The molecule has 2 N–H and O–H groups in total. The average Bonchev–Trinajstić information content (AvgIpc) is 2.77. The summed E-state index contributed by atoms with van der Waals surface area (Å²) in [7, 11) is -4.00. The Labute approximate surface area is 202 Å². The second-order valence-electron chi connectivity index (χ2n) is 7.45. The zero-order chi connectivity index (χ0) is 24.0. The molecule has 5 nitrogen and oxygen atoms in total. The molecular formula is C24H24ClFN2O3S2. The summed E-state index contributed by atoms with van der Waals surface area (Å²) in [6, 6.07) is 15.9. The van der Waals surface area contributed by atoms with E-state index in [0.29, 0.717) is 29.3 Å². The minimum atomic E-state index is -4.00. The van der Waals surface area contributed by atoms with Gasteiger partial charge >= 0.3 is 0 Å². The van der Waals surface area contributed by atoms with E-state index in [9.17, 15) is 17.6 Å². The maximum Gasteiger partial charge on any atom is 0.263 e. The Morgan fingerprint density at radius 1 is 1.03 bits per heavy atom. The van der Waals surface area contributed by atoms with E-state index in [1.807, 2.05) is 19.9 Å². The van der Waals surface area contributed by atoms with Crippen molar-refractivity contribution in [3.05, 3.63) is 93.8 Å². The van der Waals surface area contributed by atoms with Crippen LogP contribution in [0.25, 0.3) is 0 Å². The number of carbonyl (C=O) groups is 1. The van der Waals surface area contributed by atoms with Crippen molar-refractivity contribution in [2.45, 2.75) is 24.5 Å². The highest BCUT2D eigenvalue weighted by Crippen LogP contribution is 2.26. The van der Waals surface area contributed by atoms with Gasteiger partial charge in [0.2, 0.25) is 0 Å². The summed E-state index contributed by atoms with van der Waals surface area (Å²) in [6.07, 6.45) is 0. The maximum atomic E-state index is 13.6. The lowest BCUT2D eigenvalue weighted by Crippen LogP contribution is -2.26. The number of nitrogens with one attached hydrogen (secondary N) is 2. The molecule has 0 spiro atoms. The first-order valence-electron chi connectivity index (χ1n) is 10.2. The van der Waals surface area contributed by atoms with Crippen LogP contribution in [0, 0.1) is 19.7 Å². The summed E-state index contributed by atoms with van der Waals surface area (Å²) in [6.45, 7) is 4.17. The number of hydrogen-bond donors (Lipinski definition) is 2. The number of hydrogen-bond acceptors (Lipinski definition) is 4. The molecule has 0 saturated carbocycles. The molecule has 33 heavy (non-hydrogen) atoms. The topological polar surface area (TPSA) is 75.3 Å². The average molecular weight is 507 g/mol. The Morgan fingerprint density at radius 2 is 1.79 bits per heavy atom. The number of anilines is 1. The molecule has 0 aliphatic carbocycles. The summed E-state index contributed by atoms with van der Waals surface area (Å²) in [5.41, 5.74) is 3.19.